The van der Waals surface area contributed by atoms with Crippen LogP contribution in [0.15, 0.2) is 15.2 Å². The molecule has 1 saturated heterocycles. The summed E-state index contributed by atoms with van der Waals surface area (Å²) in [5.74, 6) is 0.590. The Bertz CT molecular complexity index is 355. The molecule has 0 aliphatic carbocycles. The quantitative estimate of drug-likeness (QED) is 0.887. The van der Waals surface area contributed by atoms with Gasteiger partial charge in [-0.2, -0.15) is 11.3 Å². The van der Waals surface area contributed by atoms with E-state index >= 15 is 0 Å². The summed E-state index contributed by atoms with van der Waals surface area (Å²) in [6, 6.07) is 0.424. The molecule has 0 aromatic carbocycles. The van der Waals surface area contributed by atoms with Gasteiger partial charge in [-0.15, -0.1) is 0 Å². The highest BCUT2D eigenvalue weighted by Gasteiger charge is 2.33. The Balaban J connectivity index is 2.15. The van der Waals surface area contributed by atoms with Crippen molar-refractivity contribution in [2.24, 2.45) is 5.92 Å². The normalized spacial score (nSPS) is 26.3. The number of halogens is 1. The van der Waals surface area contributed by atoms with E-state index in [1.807, 2.05) is 0 Å². The average Bonchev–Trinajstić information content (AvgIpc) is 2.90. The summed E-state index contributed by atoms with van der Waals surface area (Å²) < 4.78 is 6.94. The van der Waals surface area contributed by atoms with E-state index in [9.17, 15) is 0 Å². The lowest BCUT2D eigenvalue weighted by Gasteiger charge is -2.27. The molecule has 0 spiro atoms. The molecule has 1 aliphatic rings. The van der Waals surface area contributed by atoms with Gasteiger partial charge >= 0.3 is 0 Å². The Morgan fingerprint density at radius 1 is 1.59 bits per heavy atom. The van der Waals surface area contributed by atoms with Crippen molar-refractivity contribution in [1.29, 1.82) is 0 Å². The van der Waals surface area contributed by atoms with E-state index in [0.717, 1.165) is 19.6 Å². The van der Waals surface area contributed by atoms with Crippen LogP contribution in [-0.4, -0.2) is 19.3 Å². The molecule has 0 amide bonds. The average molecular weight is 318 g/mol. The highest BCUT2D eigenvalue weighted by molar-refractivity contribution is 9.10. The minimum absolute atomic E-state index is 0.358. The second kappa shape index (κ2) is 6.32. The Kier molecular flexibility index (Phi) is 5.03. The van der Waals surface area contributed by atoms with Crippen LogP contribution in [0.1, 0.15) is 38.3 Å². The van der Waals surface area contributed by atoms with Gasteiger partial charge in [-0.25, -0.2) is 0 Å². The Labute approximate surface area is 116 Å². The van der Waals surface area contributed by atoms with Gasteiger partial charge in [0, 0.05) is 28.4 Å². The molecular formula is C13H20BrNOS. The second-order valence-electron chi connectivity index (χ2n) is 4.64. The molecule has 0 bridgehead atoms. The number of rotatable bonds is 5. The smallest absolute Gasteiger partial charge is 0.0594 e. The number of thiophene rings is 1. The van der Waals surface area contributed by atoms with Crippen molar-refractivity contribution in [1.82, 2.24) is 5.32 Å². The first-order valence-electron chi connectivity index (χ1n) is 6.30. The van der Waals surface area contributed by atoms with Gasteiger partial charge in [-0.05, 0) is 53.2 Å². The largest absolute Gasteiger partial charge is 0.378 e. The van der Waals surface area contributed by atoms with E-state index in [-0.39, 0.29) is 0 Å². The molecule has 17 heavy (non-hydrogen) atoms. The Hall–Kier alpha value is 0.1000. The summed E-state index contributed by atoms with van der Waals surface area (Å²) in [6.07, 6.45) is 2.68. The molecule has 0 saturated carbocycles. The predicted octanol–water partition coefficient (Wildman–Crippen LogP) is 3.98. The van der Waals surface area contributed by atoms with E-state index in [1.54, 1.807) is 11.3 Å². The van der Waals surface area contributed by atoms with Crippen molar-refractivity contribution in [2.45, 2.75) is 38.8 Å². The third kappa shape index (κ3) is 3.11. The first-order valence-corrected chi connectivity index (χ1v) is 8.04. The van der Waals surface area contributed by atoms with Crippen molar-refractivity contribution in [2.75, 3.05) is 13.2 Å². The fraction of sp³-hybridized carbons (Fsp3) is 0.692. The van der Waals surface area contributed by atoms with E-state index < -0.39 is 0 Å². The fourth-order valence-electron chi connectivity index (χ4n) is 2.49. The molecule has 0 radical (unpaired) electrons. The zero-order valence-corrected chi connectivity index (χ0v) is 12.8. The summed E-state index contributed by atoms with van der Waals surface area (Å²) >= 11 is 5.42. The molecule has 1 N–H and O–H groups in total. The van der Waals surface area contributed by atoms with Crippen molar-refractivity contribution in [3.8, 4) is 0 Å². The third-order valence-electron chi connectivity index (χ3n) is 3.45. The molecule has 96 valence electrons. The molecule has 2 heterocycles. The molecule has 1 aliphatic heterocycles. The number of hydrogen-bond acceptors (Lipinski definition) is 3. The zero-order valence-electron chi connectivity index (χ0n) is 10.4. The predicted molar refractivity (Wildman–Crippen MR) is 76.6 cm³/mol. The summed E-state index contributed by atoms with van der Waals surface area (Å²) in [4.78, 5) is 0. The minimum Gasteiger partial charge on any atom is -0.378 e. The van der Waals surface area contributed by atoms with Gasteiger partial charge in [0.25, 0.3) is 0 Å². The molecular weight excluding hydrogens is 298 g/mol. The fourth-order valence-corrected chi connectivity index (χ4v) is 4.07. The monoisotopic (exact) mass is 317 g/mol. The van der Waals surface area contributed by atoms with Crippen molar-refractivity contribution in [3.05, 3.63) is 20.8 Å². The second-order valence-corrected chi connectivity index (χ2v) is 6.23. The Morgan fingerprint density at radius 3 is 2.94 bits per heavy atom. The van der Waals surface area contributed by atoms with Gasteiger partial charge in [0.2, 0.25) is 0 Å². The summed E-state index contributed by atoms with van der Waals surface area (Å²) in [5.41, 5.74) is 1.39. The SMILES string of the molecule is CCCNC(c1cscc1Br)C1CCOC1C. The summed E-state index contributed by atoms with van der Waals surface area (Å²) in [5, 5.41) is 8.10. The third-order valence-corrected chi connectivity index (χ3v) is 5.21. The van der Waals surface area contributed by atoms with E-state index in [4.69, 9.17) is 4.74 Å². The van der Waals surface area contributed by atoms with Crippen LogP contribution in [0.25, 0.3) is 0 Å². The number of nitrogens with one attached hydrogen (secondary N) is 1. The lowest BCUT2D eigenvalue weighted by atomic mass is 9.89. The summed E-state index contributed by atoms with van der Waals surface area (Å²) in [7, 11) is 0. The zero-order chi connectivity index (χ0) is 12.3. The molecule has 1 aromatic heterocycles. The summed E-state index contributed by atoms with van der Waals surface area (Å²) in [6.45, 7) is 6.37. The first kappa shape index (κ1) is 13.5. The van der Waals surface area contributed by atoms with Gasteiger partial charge in [0.05, 0.1) is 6.10 Å². The first-order chi connectivity index (χ1) is 8.24. The van der Waals surface area contributed by atoms with Crippen LogP contribution in [0.4, 0.5) is 0 Å². The van der Waals surface area contributed by atoms with Crippen molar-refractivity contribution >= 4 is 27.3 Å². The minimum atomic E-state index is 0.358. The van der Waals surface area contributed by atoms with Gasteiger partial charge in [-0.3, -0.25) is 0 Å². The maximum absolute atomic E-state index is 5.71. The molecule has 3 atom stereocenters. The van der Waals surface area contributed by atoms with Gasteiger partial charge < -0.3 is 10.1 Å². The maximum Gasteiger partial charge on any atom is 0.0594 e. The standard InChI is InChI=1S/C13H20BrNOS/c1-3-5-15-13(10-4-6-16-9(10)2)11-7-17-8-12(11)14/h7-10,13,15H,3-6H2,1-2H3. The lowest BCUT2D eigenvalue weighted by Crippen LogP contribution is -2.32. The molecule has 2 nitrogen and oxygen atoms in total. The van der Waals surface area contributed by atoms with Crippen LogP contribution in [0, 0.1) is 5.92 Å². The molecule has 1 aromatic rings. The molecule has 2 rings (SSSR count). The lowest BCUT2D eigenvalue weighted by molar-refractivity contribution is 0.0953. The maximum atomic E-state index is 5.71. The molecule has 1 fully saturated rings. The Morgan fingerprint density at radius 2 is 2.41 bits per heavy atom. The molecule has 4 heteroatoms. The number of hydrogen-bond donors (Lipinski definition) is 1. The van der Waals surface area contributed by atoms with E-state index in [2.05, 4.69) is 45.9 Å². The number of ether oxygens (including phenoxy) is 1. The van der Waals surface area contributed by atoms with Gasteiger partial charge in [0.1, 0.15) is 0 Å². The van der Waals surface area contributed by atoms with Crippen LogP contribution in [0.2, 0.25) is 0 Å². The van der Waals surface area contributed by atoms with E-state index in [0.29, 0.717) is 18.1 Å². The van der Waals surface area contributed by atoms with Gasteiger partial charge in [-0.1, -0.05) is 6.92 Å². The highest BCUT2D eigenvalue weighted by Crippen LogP contribution is 2.37. The van der Waals surface area contributed by atoms with Crippen LogP contribution < -0.4 is 5.32 Å². The van der Waals surface area contributed by atoms with Gasteiger partial charge in [0.15, 0.2) is 0 Å². The van der Waals surface area contributed by atoms with Crippen molar-refractivity contribution < 1.29 is 4.74 Å². The molecule has 3 unspecified atom stereocenters. The topological polar surface area (TPSA) is 21.3 Å². The van der Waals surface area contributed by atoms with Crippen LogP contribution in [-0.2, 0) is 4.74 Å². The van der Waals surface area contributed by atoms with Crippen LogP contribution >= 0.6 is 27.3 Å². The van der Waals surface area contributed by atoms with Crippen molar-refractivity contribution in [3.63, 3.8) is 0 Å². The van der Waals surface area contributed by atoms with Crippen LogP contribution in [0.3, 0.4) is 0 Å². The van der Waals surface area contributed by atoms with Crippen LogP contribution in [0.5, 0.6) is 0 Å². The highest BCUT2D eigenvalue weighted by atomic mass is 79.9. The van der Waals surface area contributed by atoms with E-state index in [1.165, 1.54) is 16.5 Å².